The van der Waals surface area contributed by atoms with E-state index in [4.69, 9.17) is 4.74 Å². The molecule has 0 bridgehead atoms. The Kier molecular flexibility index (Phi) is 4.49. The molecule has 3 aromatic rings. The Labute approximate surface area is 142 Å². The molecule has 0 amide bonds. The molecule has 0 aliphatic heterocycles. The van der Waals surface area contributed by atoms with Gasteiger partial charge in [-0.3, -0.25) is 0 Å². The molecule has 0 radical (unpaired) electrons. The van der Waals surface area contributed by atoms with Gasteiger partial charge in [-0.05, 0) is 43.3 Å². The summed E-state index contributed by atoms with van der Waals surface area (Å²) in [4.78, 5) is 3.77. The molecule has 0 aliphatic carbocycles. The van der Waals surface area contributed by atoms with Gasteiger partial charge in [-0.1, -0.05) is 17.2 Å². The summed E-state index contributed by atoms with van der Waals surface area (Å²) < 4.78 is 58.6. The zero-order valence-electron chi connectivity index (χ0n) is 13.1. The molecule has 130 valence electrons. The number of rotatable bonds is 5. The topological polar surface area (TPSA) is 74.1 Å². The van der Waals surface area contributed by atoms with E-state index in [1.165, 1.54) is 18.2 Å². The maximum absolute atomic E-state index is 14.1. The predicted octanol–water partition coefficient (Wildman–Crippen LogP) is 2.86. The van der Waals surface area contributed by atoms with E-state index in [1.54, 1.807) is 13.0 Å². The van der Waals surface area contributed by atoms with Gasteiger partial charge in [-0.15, -0.1) is 4.09 Å². The average Bonchev–Trinajstić information content (AvgIpc) is 3.00. The van der Waals surface area contributed by atoms with Crippen molar-refractivity contribution in [2.45, 2.75) is 11.8 Å². The van der Waals surface area contributed by atoms with Crippen LogP contribution in [-0.2, 0) is 10.0 Å². The lowest BCUT2D eigenvalue weighted by molar-refractivity contribution is 0.313. The summed E-state index contributed by atoms with van der Waals surface area (Å²) in [5, 5.41) is 3.82. The van der Waals surface area contributed by atoms with Gasteiger partial charge in [0.05, 0.1) is 17.1 Å². The fourth-order valence-electron chi connectivity index (χ4n) is 2.15. The molecule has 0 fully saturated rings. The van der Waals surface area contributed by atoms with E-state index < -0.39 is 21.7 Å². The summed E-state index contributed by atoms with van der Waals surface area (Å²) in [5.41, 5.74) is -0.0494. The quantitative estimate of drug-likeness (QED) is 0.695. The number of aromatic nitrogens is 3. The van der Waals surface area contributed by atoms with Gasteiger partial charge in [0.2, 0.25) is 0 Å². The van der Waals surface area contributed by atoms with Crippen LogP contribution < -0.4 is 4.74 Å². The third kappa shape index (κ3) is 3.22. The monoisotopic (exact) mass is 365 g/mol. The lowest BCUT2D eigenvalue weighted by atomic mass is 10.2. The molecule has 0 atom stereocenters. The molecule has 6 nitrogen and oxygen atoms in total. The summed E-state index contributed by atoms with van der Waals surface area (Å²) in [7, 11) is -4.22. The number of ether oxygens (including phenoxy) is 1. The highest BCUT2D eigenvalue weighted by molar-refractivity contribution is 7.90. The van der Waals surface area contributed by atoms with Crippen molar-refractivity contribution in [3.63, 3.8) is 0 Å². The first-order chi connectivity index (χ1) is 11.9. The molecule has 9 heteroatoms. The van der Waals surface area contributed by atoms with Crippen molar-refractivity contribution in [1.29, 1.82) is 0 Å². The lowest BCUT2D eigenvalue weighted by Gasteiger charge is -2.07. The Morgan fingerprint density at radius 2 is 1.76 bits per heavy atom. The SMILES string of the molecule is CCOc1nc(-c2ccccc2F)n(S(=O)(=O)c2ccc(F)cc2)n1. The van der Waals surface area contributed by atoms with Crippen LogP contribution in [0.5, 0.6) is 6.01 Å². The second kappa shape index (κ2) is 6.60. The van der Waals surface area contributed by atoms with E-state index in [0.29, 0.717) is 4.09 Å². The first-order valence-corrected chi connectivity index (χ1v) is 8.73. The summed E-state index contributed by atoms with van der Waals surface area (Å²) in [6.45, 7) is 1.88. The molecule has 0 saturated carbocycles. The van der Waals surface area contributed by atoms with Crippen LogP contribution in [0.1, 0.15) is 6.92 Å². The van der Waals surface area contributed by atoms with Crippen molar-refractivity contribution in [2.75, 3.05) is 6.61 Å². The maximum Gasteiger partial charge on any atom is 0.337 e. The van der Waals surface area contributed by atoms with Gasteiger partial charge < -0.3 is 4.74 Å². The van der Waals surface area contributed by atoms with Gasteiger partial charge in [0.1, 0.15) is 11.6 Å². The van der Waals surface area contributed by atoms with Crippen LogP contribution in [-0.4, -0.2) is 29.2 Å². The van der Waals surface area contributed by atoms with Gasteiger partial charge >= 0.3 is 6.01 Å². The fraction of sp³-hybridized carbons (Fsp3) is 0.125. The molecule has 0 spiro atoms. The molecule has 0 saturated heterocycles. The molecule has 1 aromatic heterocycles. The highest BCUT2D eigenvalue weighted by Gasteiger charge is 2.26. The Hall–Kier alpha value is -2.81. The zero-order chi connectivity index (χ0) is 18.0. The largest absolute Gasteiger partial charge is 0.463 e. The van der Waals surface area contributed by atoms with Gasteiger partial charge in [0, 0.05) is 0 Å². The first kappa shape index (κ1) is 17.0. The van der Waals surface area contributed by atoms with Crippen LogP contribution in [0.4, 0.5) is 8.78 Å². The molecule has 25 heavy (non-hydrogen) atoms. The van der Waals surface area contributed by atoms with E-state index in [2.05, 4.69) is 10.1 Å². The molecule has 3 rings (SSSR count). The van der Waals surface area contributed by atoms with Crippen LogP contribution in [0.15, 0.2) is 53.4 Å². The number of nitrogens with zero attached hydrogens (tertiary/aromatic N) is 3. The summed E-state index contributed by atoms with van der Waals surface area (Å²) >= 11 is 0. The number of hydrogen-bond donors (Lipinski definition) is 0. The highest BCUT2D eigenvalue weighted by atomic mass is 32.2. The van der Waals surface area contributed by atoms with Crippen molar-refractivity contribution >= 4 is 10.0 Å². The van der Waals surface area contributed by atoms with Crippen LogP contribution in [0.2, 0.25) is 0 Å². The Morgan fingerprint density at radius 1 is 1.08 bits per heavy atom. The molecular formula is C16H13F2N3O3S. The van der Waals surface area contributed by atoms with Crippen LogP contribution in [0, 0.1) is 11.6 Å². The van der Waals surface area contributed by atoms with Crippen molar-refractivity contribution in [3.05, 3.63) is 60.2 Å². The molecule has 0 N–H and O–H groups in total. The summed E-state index contributed by atoms with van der Waals surface area (Å²) in [6, 6.07) is 9.58. The van der Waals surface area contributed by atoms with Gasteiger partial charge in [0.25, 0.3) is 10.0 Å². The molecule has 0 aliphatic rings. The minimum absolute atomic E-state index is 0.0494. The predicted molar refractivity (Wildman–Crippen MR) is 85.6 cm³/mol. The molecule has 2 aromatic carbocycles. The molecule has 1 heterocycles. The van der Waals surface area contributed by atoms with Crippen molar-refractivity contribution in [1.82, 2.24) is 14.2 Å². The first-order valence-electron chi connectivity index (χ1n) is 7.29. The zero-order valence-corrected chi connectivity index (χ0v) is 13.9. The molecular weight excluding hydrogens is 352 g/mol. The van der Waals surface area contributed by atoms with E-state index in [9.17, 15) is 17.2 Å². The standard InChI is InChI=1S/C16H13F2N3O3S/c1-2-24-16-19-15(13-5-3-4-6-14(13)18)21(20-16)25(22,23)12-9-7-11(17)8-10-12/h3-10H,2H2,1H3. The Balaban J connectivity index is 2.21. The highest BCUT2D eigenvalue weighted by Crippen LogP contribution is 2.26. The number of halogens is 2. The normalized spacial score (nSPS) is 11.5. The third-order valence-corrected chi connectivity index (χ3v) is 4.86. The van der Waals surface area contributed by atoms with E-state index in [0.717, 1.165) is 24.3 Å². The Morgan fingerprint density at radius 3 is 2.40 bits per heavy atom. The van der Waals surface area contributed by atoms with Gasteiger partial charge in [-0.25, -0.2) is 8.78 Å². The van der Waals surface area contributed by atoms with E-state index in [-0.39, 0.29) is 28.9 Å². The smallest absolute Gasteiger partial charge is 0.337 e. The Bertz CT molecular complexity index is 1000. The van der Waals surface area contributed by atoms with E-state index >= 15 is 0 Å². The second-order valence-corrected chi connectivity index (χ2v) is 6.70. The van der Waals surface area contributed by atoms with Gasteiger partial charge in [0.15, 0.2) is 5.82 Å². The van der Waals surface area contributed by atoms with Crippen molar-refractivity contribution in [3.8, 4) is 17.4 Å². The average molecular weight is 365 g/mol. The second-order valence-electron chi connectivity index (χ2n) is 4.93. The van der Waals surface area contributed by atoms with Crippen LogP contribution in [0.3, 0.4) is 0 Å². The van der Waals surface area contributed by atoms with Gasteiger partial charge in [-0.2, -0.15) is 13.4 Å². The minimum atomic E-state index is -4.22. The van der Waals surface area contributed by atoms with Crippen molar-refractivity contribution < 1.29 is 21.9 Å². The lowest BCUT2D eigenvalue weighted by Crippen LogP contribution is -2.16. The fourth-order valence-corrected chi connectivity index (χ4v) is 3.37. The van der Waals surface area contributed by atoms with Crippen molar-refractivity contribution in [2.24, 2.45) is 0 Å². The summed E-state index contributed by atoms with van der Waals surface area (Å²) in [5.74, 6) is -1.47. The number of hydrogen-bond acceptors (Lipinski definition) is 5. The number of benzene rings is 2. The van der Waals surface area contributed by atoms with E-state index in [1.807, 2.05) is 0 Å². The third-order valence-electron chi connectivity index (χ3n) is 3.29. The van der Waals surface area contributed by atoms with Crippen LogP contribution >= 0.6 is 0 Å². The maximum atomic E-state index is 14.1. The summed E-state index contributed by atoms with van der Waals surface area (Å²) in [6.07, 6.45) is 0. The van der Waals surface area contributed by atoms with Crippen LogP contribution in [0.25, 0.3) is 11.4 Å². The molecule has 0 unspecified atom stereocenters. The minimum Gasteiger partial charge on any atom is -0.463 e.